The Morgan fingerprint density at radius 3 is 2.65 bits per heavy atom. The van der Waals surface area contributed by atoms with Crippen LogP contribution < -0.4 is 11.2 Å². The molecule has 138 valence electrons. The standard InChI is InChI=1S/C18H21N3O5/c1-3-20-16(23)13-7-6-11(8-14(13)19-18(20)26)15(22)21-9-12(17(24)25)5-4-10(21)2/h6-8,10,12H,3-5,9H2,1-2H3,(H,19,26)(H,24,25). The molecule has 2 unspecified atom stereocenters. The van der Waals surface area contributed by atoms with Crippen LogP contribution in [0.25, 0.3) is 10.9 Å². The number of rotatable bonds is 3. The van der Waals surface area contributed by atoms with Gasteiger partial charge in [-0.05, 0) is 44.9 Å². The molecule has 0 saturated carbocycles. The summed E-state index contributed by atoms with van der Waals surface area (Å²) in [5, 5.41) is 9.56. The number of nitrogens with zero attached hydrogens (tertiary/aromatic N) is 2. The molecule has 3 rings (SSSR count). The molecule has 8 nitrogen and oxygen atoms in total. The van der Waals surface area contributed by atoms with E-state index in [1.54, 1.807) is 17.9 Å². The number of piperidine rings is 1. The largest absolute Gasteiger partial charge is 0.481 e. The zero-order valence-electron chi connectivity index (χ0n) is 14.7. The van der Waals surface area contributed by atoms with Crippen molar-refractivity contribution in [3.63, 3.8) is 0 Å². The molecule has 2 atom stereocenters. The number of amides is 1. The molecule has 1 fully saturated rings. The number of aromatic amines is 1. The Morgan fingerprint density at radius 1 is 1.27 bits per heavy atom. The van der Waals surface area contributed by atoms with Gasteiger partial charge in [0.2, 0.25) is 0 Å². The van der Waals surface area contributed by atoms with Crippen LogP contribution in [0.2, 0.25) is 0 Å². The van der Waals surface area contributed by atoms with Crippen LogP contribution in [0.4, 0.5) is 0 Å². The Hall–Kier alpha value is -2.90. The van der Waals surface area contributed by atoms with Gasteiger partial charge in [-0.25, -0.2) is 4.79 Å². The smallest absolute Gasteiger partial charge is 0.328 e. The third-order valence-corrected chi connectivity index (χ3v) is 5.04. The number of H-pyrrole nitrogens is 1. The van der Waals surface area contributed by atoms with Crippen molar-refractivity contribution in [2.45, 2.75) is 39.3 Å². The van der Waals surface area contributed by atoms with E-state index in [4.69, 9.17) is 0 Å². The molecule has 2 aromatic rings. The van der Waals surface area contributed by atoms with Gasteiger partial charge in [0.15, 0.2) is 0 Å². The molecule has 1 aliphatic rings. The third-order valence-electron chi connectivity index (χ3n) is 5.04. The maximum atomic E-state index is 12.9. The van der Waals surface area contributed by atoms with E-state index in [0.29, 0.717) is 29.3 Å². The molecule has 1 aliphatic heterocycles. The van der Waals surface area contributed by atoms with E-state index in [1.807, 2.05) is 6.92 Å². The van der Waals surface area contributed by atoms with Crippen molar-refractivity contribution in [3.05, 3.63) is 44.6 Å². The Kier molecular flexibility index (Phi) is 4.67. The van der Waals surface area contributed by atoms with Gasteiger partial charge in [0.25, 0.3) is 11.5 Å². The first-order chi connectivity index (χ1) is 12.3. The van der Waals surface area contributed by atoms with Crippen molar-refractivity contribution >= 4 is 22.8 Å². The molecule has 1 aromatic heterocycles. The molecule has 1 amide bonds. The molecule has 2 heterocycles. The monoisotopic (exact) mass is 359 g/mol. The molecule has 8 heteroatoms. The fraction of sp³-hybridized carbons (Fsp3) is 0.444. The second kappa shape index (κ2) is 6.78. The average molecular weight is 359 g/mol. The lowest BCUT2D eigenvalue weighted by atomic mass is 9.93. The predicted molar refractivity (Wildman–Crippen MR) is 95.4 cm³/mol. The minimum atomic E-state index is -0.905. The summed E-state index contributed by atoms with van der Waals surface area (Å²) in [5.41, 5.74) is -0.302. The Labute approximate surface area is 149 Å². The van der Waals surface area contributed by atoms with Crippen LogP contribution in [0.15, 0.2) is 27.8 Å². The number of carbonyl (C=O) groups excluding carboxylic acids is 1. The van der Waals surface area contributed by atoms with Gasteiger partial charge >= 0.3 is 11.7 Å². The number of fused-ring (bicyclic) bond motifs is 1. The molecule has 0 spiro atoms. The average Bonchev–Trinajstić information content (AvgIpc) is 2.61. The van der Waals surface area contributed by atoms with Crippen LogP contribution in [0.3, 0.4) is 0 Å². The van der Waals surface area contributed by atoms with Crippen LogP contribution >= 0.6 is 0 Å². The molecular weight excluding hydrogens is 338 g/mol. The number of aliphatic carboxylic acids is 1. The van der Waals surface area contributed by atoms with Crippen molar-refractivity contribution in [1.82, 2.24) is 14.5 Å². The second-order valence-electron chi connectivity index (χ2n) is 6.66. The second-order valence-corrected chi connectivity index (χ2v) is 6.66. The van der Waals surface area contributed by atoms with Crippen molar-refractivity contribution in [2.24, 2.45) is 5.92 Å². The number of carboxylic acid groups (broad SMARTS) is 1. The van der Waals surface area contributed by atoms with Gasteiger partial charge in [0, 0.05) is 24.7 Å². The van der Waals surface area contributed by atoms with E-state index in [0.717, 1.165) is 4.57 Å². The first-order valence-corrected chi connectivity index (χ1v) is 8.64. The molecule has 0 bridgehead atoms. The highest BCUT2D eigenvalue weighted by molar-refractivity contribution is 5.98. The Bertz CT molecular complexity index is 990. The summed E-state index contributed by atoms with van der Waals surface area (Å²) in [4.78, 5) is 52.6. The quantitative estimate of drug-likeness (QED) is 0.850. The van der Waals surface area contributed by atoms with Gasteiger partial charge in [-0.2, -0.15) is 0 Å². The van der Waals surface area contributed by atoms with Crippen LogP contribution in [0.1, 0.15) is 37.0 Å². The number of nitrogens with one attached hydrogen (secondary N) is 1. The Balaban J connectivity index is 1.99. The zero-order valence-corrected chi connectivity index (χ0v) is 14.7. The summed E-state index contributed by atoms with van der Waals surface area (Å²) in [6, 6.07) is 4.48. The van der Waals surface area contributed by atoms with Crippen molar-refractivity contribution in [1.29, 1.82) is 0 Å². The number of carboxylic acids is 1. The fourth-order valence-corrected chi connectivity index (χ4v) is 3.43. The summed E-state index contributed by atoms with van der Waals surface area (Å²) in [6.07, 6.45) is 1.16. The Morgan fingerprint density at radius 2 is 2.00 bits per heavy atom. The third kappa shape index (κ3) is 3.02. The first kappa shape index (κ1) is 17.9. The topological polar surface area (TPSA) is 112 Å². The zero-order chi connectivity index (χ0) is 19.0. The van der Waals surface area contributed by atoms with E-state index in [2.05, 4.69) is 4.98 Å². The number of likely N-dealkylation sites (tertiary alicyclic amines) is 1. The summed E-state index contributed by atoms with van der Waals surface area (Å²) in [6.45, 7) is 4.00. The van der Waals surface area contributed by atoms with Crippen LogP contribution in [0, 0.1) is 5.92 Å². The van der Waals surface area contributed by atoms with Crippen molar-refractivity contribution in [3.8, 4) is 0 Å². The summed E-state index contributed by atoms with van der Waals surface area (Å²) in [7, 11) is 0. The molecule has 1 saturated heterocycles. The van der Waals surface area contributed by atoms with E-state index in [9.17, 15) is 24.3 Å². The molecular formula is C18H21N3O5. The number of hydrogen-bond donors (Lipinski definition) is 2. The number of carbonyl (C=O) groups is 2. The molecule has 26 heavy (non-hydrogen) atoms. The van der Waals surface area contributed by atoms with E-state index < -0.39 is 23.1 Å². The van der Waals surface area contributed by atoms with Gasteiger partial charge in [0.05, 0.1) is 16.8 Å². The molecule has 0 radical (unpaired) electrons. The van der Waals surface area contributed by atoms with E-state index >= 15 is 0 Å². The molecule has 1 aromatic carbocycles. The van der Waals surface area contributed by atoms with Gasteiger partial charge < -0.3 is 15.0 Å². The first-order valence-electron chi connectivity index (χ1n) is 8.64. The van der Waals surface area contributed by atoms with E-state index in [-0.39, 0.29) is 25.0 Å². The highest BCUT2D eigenvalue weighted by Crippen LogP contribution is 2.24. The fourth-order valence-electron chi connectivity index (χ4n) is 3.43. The van der Waals surface area contributed by atoms with Crippen LogP contribution in [0.5, 0.6) is 0 Å². The minimum absolute atomic E-state index is 0.0686. The van der Waals surface area contributed by atoms with Gasteiger partial charge in [0.1, 0.15) is 0 Å². The van der Waals surface area contributed by atoms with Crippen LogP contribution in [-0.2, 0) is 11.3 Å². The molecule has 2 N–H and O–H groups in total. The number of benzene rings is 1. The lowest BCUT2D eigenvalue weighted by Crippen LogP contribution is -2.47. The maximum absolute atomic E-state index is 12.9. The lowest BCUT2D eigenvalue weighted by Gasteiger charge is -2.36. The molecule has 0 aliphatic carbocycles. The number of hydrogen-bond acceptors (Lipinski definition) is 4. The number of aromatic nitrogens is 2. The maximum Gasteiger partial charge on any atom is 0.328 e. The highest BCUT2D eigenvalue weighted by Gasteiger charge is 2.33. The van der Waals surface area contributed by atoms with Gasteiger partial charge in [-0.3, -0.25) is 19.0 Å². The van der Waals surface area contributed by atoms with Crippen molar-refractivity contribution < 1.29 is 14.7 Å². The SMILES string of the molecule is CCn1c(=O)[nH]c2cc(C(=O)N3CC(C(=O)O)CCC3C)ccc2c1=O. The summed E-state index contributed by atoms with van der Waals surface area (Å²) >= 11 is 0. The minimum Gasteiger partial charge on any atom is -0.481 e. The lowest BCUT2D eigenvalue weighted by molar-refractivity contribution is -0.143. The van der Waals surface area contributed by atoms with Crippen LogP contribution in [-0.4, -0.2) is 44.0 Å². The normalized spacial score (nSPS) is 20.3. The highest BCUT2D eigenvalue weighted by atomic mass is 16.4. The van der Waals surface area contributed by atoms with Crippen molar-refractivity contribution in [2.75, 3.05) is 6.54 Å². The van der Waals surface area contributed by atoms with Gasteiger partial charge in [-0.1, -0.05) is 0 Å². The van der Waals surface area contributed by atoms with Gasteiger partial charge in [-0.15, -0.1) is 0 Å². The summed E-state index contributed by atoms with van der Waals surface area (Å²) < 4.78 is 1.09. The van der Waals surface area contributed by atoms with E-state index in [1.165, 1.54) is 12.1 Å². The summed E-state index contributed by atoms with van der Waals surface area (Å²) in [5.74, 6) is -1.78. The predicted octanol–water partition coefficient (Wildman–Crippen LogP) is 1.03.